The predicted octanol–water partition coefficient (Wildman–Crippen LogP) is 5.71. The Kier molecular flexibility index (Phi) is 5.17. The molecule has 0 aliphatic rings. The minimum Gasteiger partial charge on any atom is -0.497 e. The zero-order valence-electron chi connectivity index (χ0n) is 16.0. The molecule has 5 aromatic rings. The molecule has 0 aliphatic heterocycles. The summed E-state index contributed by atoms with van der Waals surface area (Å²) in [7, 11) is 1.64. The zero-order chi connectivity index (χ0) is 20.3. The van der Waals surface area contributed by atoms with Gasteiger partial charge in [-0.1, -0.05) is 42.1 Å². The van der Waals surface area contributed by atoms with Gasteiger partial charge in [0, 0.05) is 15.8 Å². The van der Waals surface area contributed by atoms with E-state index in [1.165, 1.54) is 10.4 Å². The van der Waals surface area contributed by atoms with Gasteiger partial charge in [-0.15, -0.1) is 21.5 Å². The SMILES string of the molecule is COc1ccc(-c2nnc(CSc3ncnc4sc(-c5ccccc5)cc34)o2)cc1. The van der Waals surface area contributed by atoms with E-state index in [0.717, 1.165) is 26.6 Å². The van der Waals surface area contributed by atoms with Gasteiger partial charge in [-0.25, -0.2) is 9.97 Å². The van der Waals surface area contributed by atoms with Crippen LogP contribution in [0.5, 0.6) is 5.75 Å². The highest BCUT2D eigenvalue weighted by atomic mass is 32.2. The molecule has 8 heteroatoms. The molecule has 0 spiro atoms. The predicted molar refractivity (Wildman–Crippen MR) is 119 cm³/mol. The summed E-state index contributed by atoms with van der Waals surface area (Å²) in [6.07, 6.45) is 1.60. The average molecular weight is 433 g/mol. The molecule has 0 aliphatic carbocycles. The minimum atomic E-state index is 0.489. The van der Waals surface area contributed by atoms with E-state index < -0.39 is 0 Å². The van der Waals surface area contributed by atoms with Crippen LogP contribution in [0.15, 0.2) is 76.4 Å². The van der Waals surface area contributed by atoms with E-state index in [4.69, 9.17) is 9.15 Å². The number of nitrogens with zero attached hydrogens (tertiary/aromatic N) is 4. The lowest BCUT2D eigenvalue weighted by molar-refractivity contribution is 0.415. The van der Waals surface area contributed by atoms with Crippen molar-refractivity contribution in [3.63, 3.8) is 0 Å². The van der Waals surface area contributed by atoms with Gasteiger partial charge in [-0.3, -0.25) is 0 Å². The molecule has 0 amide bonds. The third kappa shape index (κ3) is 3.79. The van der Waals surface area contributed by atoms with E-state index in [-0.39, 0.29) is 0 Å². The van der Waals surface area contributed by atoms with Gasteiger partial charge in [-0.2, -0.15) is 0 Å². The van der Waals surface area contributed by atoms with Gasteiger partial charge >= 0.3 is 0 Å². The maximum Gasteiger partial charge on any atom is 0.247 e. The monoisotopic (exact) mass is 432 g/mol. The lowest BCUT2D eigenvalue weighted by Crippen LogP contribution is -1.85. The highest BCUT2D eigenvalue weighted by Crippen LogP contribution is 2.37. The van der Waals surface area contributed by atoms with Crippen LogP contribution in [0.25, 0.3) is 32.1 Å². The number of thioether (sulfide) groups is 1. The highest BCUT2D eigenvalue weighted by molar-refractivity contribution is 7.98. The van der Waals surface area contributed by atoms with Crippen LogP contribution in [0.3, 0.4) is 0 Å². The number of thiophene rings is 1. The third-order valence-corrected chi connectivity index (χ3v) is 6.57. The van der Waals surface area contributed by atoms with Crippen LogP contribution in [-0.4, -0.2) is 27.3 Å². The van der Waals surface area contributed by atoms with Crippen molar-refractivity contribution in [1.29, 1.82) is 0 Å². The molecule has 0 atom stereocenters. The summed E-state index contributed by atoms with van der Waals surface area (Å²) < 4.78 is 11.0. The third-order valence-electron chi connectivity index (χ3n) is 4.49. The summed E-state index contributed by atoms with van der Waals surface area (Å²) in [6.45, 7) is 0. The van der Waals surface area contributed by atoms with Crippen molar-refractivity contribution in [3.8, 4) is 27.6 Å². The Balaban J connectivity index is 1.35. The Labute approximate surface area is 181 Å². The van der Waals surface area contributed by atoms with Crippen molar-refractivity contribution < 1.29 is 9.15 Å². The molecule has 0 radical (unpaired) electrons. The standard InChI is InChI=1S/C22H16N4O2S2/c1-27-16-9-7-15(8-10-16)20-26-25-19(28-20)12-29-21-17-11-18(14-5-3-2-4-6-14)30-22(17)24-13-23-21/h2-11,13H,12H2,1H3. The second-order valence-electron chi connectivity index (χ2n) is 6.39. The van der Waals surface area contributed by atoms with E-state index in [1.54, 1.807) is 36.5 Å². The molecule has 3 heterocycles. The number of fused-ring (bicyclic) bond motifs is 1. The molecule has 5 rings (SSSR count). The maximum absolute atomic E-state index is 5.83. The molecule has 30 heavy (non-hydrogen) atoms. The molecule has 0 saturated carbocycles. The molecule has 0 saturated heterocycles. The van der Waals surface area contributed by atoms with Gasteiger partial charge in [0.05, 0.1) is 12.9 Å². The van der Waals surface area contributed by atoms with Gasteiger partial charge in [0.25, 0.3) is 0 Å². The molecule has 0 fully saturated rings. The lowest BCUT2D eigenvalue weighted by Gasteiger charge is -2.00. The van der Waals surface area contributed by atoms with Crippen molar-refractivity contribution in [2.45, 2.75) is 10.8 Å². The first kappa shape index (κ1) is 18.8. The fraction of sp³-hybridized carbons (Fsp3) is 0.0909. The molecular formula is C22H16N4O2S2. The second kappa shape index (κ2) is 8.25. The van der Waals surface area contributed by atoms with E-state index >= 15 is 0 Å². The van der Waals surface area contributed by atoms with Crippen molar-refractivity contribution in [1.82, 2.24) is 20.2 Å². The summed E-state index contributed by atoms with van der Waals surface area (Å²) in [5, 5.41) is 10.3. The second-order valence-corrected chi connectivity index (χ2v) is 8.39. The van der Waals surface area contributed by atoms with E-state index in [1.807, 2.05) is 42.5 Å². The molecular weight excluding hydrogens is 416 g/mol. The molecule has 0 bridgehead atoms. The van der Waals surface area contributed by atoms with Gasteiger partial charge in [0.15, 0.2) is 0 Å². The van der Waals surface area contributed by atoms with E-state index in [2.05, 4.69) is 38.4 Å². The summed E-state index contributed by atoms with van der Waals surface area (Å²) in [6, 6.07) is 20.0. The lowest BCUT2D eigenvalue weighted by atomic mass is 10.2. The summed E-state index contributed by atoms with van der Waals surface area (Å²) in [5.41, 5.74) is 2.03. The van der Waals surface area contributed by atoms with Crippen LogP contribution < -0.4 is 4.74 Å². The summed E-state index contributed by atoms with van der Waals surface area (Å²) in [5.74, 6) is 2.36. The first-order valence-electron chi connectivity index (χ1n) is 9.20. The molecule has 148 valence electrons. The first-order chi connectivity index (χ1) is 14.8. The Morgan fingerprint density at radius 2 is 1.80 bits per heavy atom. The number of rotatable bonds is 6. The first-order valence-corrected chi connectivity index (χ1v) is 11.0. The maximum atomic E-state index is 5.83. The smallest absolute Gasteiger partial charge is 0.247 e. The van der Waals surface area contributed by atoms with Crippen molar-refractivity contribution in [2.75, 3.05) is 7.11 Å². The Hall–Kier alpha value is -3.23. The van der Waals surface area contributed by atoms with Crippen molar-refractivity contribution in [3.05, 3.63) is 72.9 Å². The Morgan fingerprint density at radius 3 is 2.60 bits per heavy atom. The number of aromatic nitrogens is 4. The Bertz CT molecular complexity index is 1280. The van der Waals surface area contributed by atoms with Crippen LogP contribution in [0.1, 0.15) is 5.89 Å². The van der Waals surface area contributed by atoms with Crippen molar-refractivity contribution >= 4 is 33.3 Å². The zero-order valence-corrected chi connectivity index (χ0v) is 17.6. The average Bonchev–Trinajstić information content (AvgIpc) is 3.46. The number of benzene rings is 2. The number of hydrogen-bond donors (Lipinski definition) is 0. The topological polar surface area (TPSA) is 73.9 Å². The minimum absolute atomic E-state index is 0.489. The Morgan fingerprint density at radius 1 is 0.967 bits per heavy atom. The van der Waals surface area contributed by atoms with Gasteiger partial charge in [0.2, 0.25) is 11.8 Å². The van der Waals surface area contributed by atoms with Gasteiger partial charge in [-0.05, 0) is 35.9 Å². The number of ether oxygens (including phenoxy) is 1. The van der Waals surface area contributed by atoms with Crippen LogP contribution >= 0.6 is 23.1 Å². The van der Waals surface area contributed by atoms with Crippen LogP contribution in [-0.2, 0) is 5.75 Å². The highest BCUT2D eigenvalue weighted by Gasteiger charge is 2.13. The number of methoxy groups -OCH3 is 1. The van der Waals surface area contributed by atoms with Gasteiger partial charge in [0.1, 0.15) is 21.9 Å². The molecule has 3 aromatic heterocycles. The summed E-state index contributed by atoms with van der Waals surface area (Å²) >= 11 is 3.23. The molecule has 2 aromatic carbocycles. The fourth-order valence-electron chi connectivity index (χ4n) is 2.99. The molecule has 0 N–H and O–H groups in total. The van der Waals surface area contributed by atoms with E-state index in [0.29, 0.717) is 17.5 Å². The van der Waals surface area contributed by atoms with E-state index in [9.17, 15) is 0 Å². The van der Waals surface area contributed by atoms with Gasteiger partial charge < -0.3 is 9.15 Å². The van der Waals surface area contributed by atoms with Crippen LogP contribution in [0, 0.1) is 0 Å². The quantitative estimate of drug-likeness (QED) is 0.251. The molecule has 6 nitrogen and oxygen atoms in total. The van der Waals surface area contributed by atoms with Crippen LogP contribution in [0.4, 0.5) is 0 Å². The molecule has 0 unspecified atom stereocenters. The largest absolute Gasteiger partial charge is 0.497 e. The number of hydrogen-bond acceptors (Lipinski definition) is 8. The summed E-state index contributed by atoms with van der Waals surface area (Å²) in [4.78, 5) is 11.0. The normalized spacial score (nSPS) is 11.1. The van der Waals surface area contributed by atoms with Crippen molar-refractivity contribution in [2.24, 2.45) is 0 Å². The van der Waals surface area contributed by atoms with Crippen LogP contribution in [0.2, 0.25) is 0 Å². The fourth-order valence-corrected chi connectivity index (χ4v) is 4.86.